The third-order valence-electron chi connectivity index (χ3n) is 5.23. The van der Waals surface area contributed by atoms with Crippen LogP contribution in [0.2, 0.25) is 5.02 Å². The van der Waals surface area contributed by atoms with E-state index in [1.807, 2.05) is 6.92 Å². The Bertz CT molecular complexity index is 1170. The van der Waals surface area contributed by atoms with Crippen LogP contribution in [-0.4, -0.2) is 52.2 Å². The second-order valence-electron chi connectivity index (χ2n) is 7.25. The molecule has 3 aromatic rings. The first-order valence-electron chi connectivity index (χ1n) is 9.48. The Morgan fingerprint density at radius 2 is 2.03 bits per heavy atom. The molecule has 3 amide bonds. The van der Waals surface area contributed by atoms with Crippen LogP contribution in [0, 0.1) is 0 Å². The highest BCUT2D eigenvalue weighted by molar-refractivity contribution is 6.31. The second-order valence-corrected chi connectivity index (χ2v) is 7.68. The van der Waals surface area contributed by atoms with Crippen LogP contribution in [0.1, 0.15) is 44.9 Å². The van der Waals surface area contributed by atoms with Gasteiger partial charge in [0.05, 0.1) is 17.6 Å². The zero-order chi connectivity index (χ0) is 21.4. The van der Waals surface area contributed by atoms with E-state index in [2.05, 4.69) is 15.3 Å². The normalized spacial score (nSPS) is 15.1. The summed E-state index contributed by atoms with van der Waals surface area (Å²) >= 11 is 6.05. The molecular formula is C21H20ClN5O3. The summed E-state index contributed by atoms with van der Waals surface area (Å²) in [6.45, 7) is 2.72. The largest absolute Gasteiger partial charge is 0.366 e. The van der Waals surface area contributed by atoms with Crippen LogP contribution in [0.15, 0.2) is 36.4 Å². The summed E-state index contributed by atoms with van der Waals surface area (Å²) in [5, 5.41) is 3.28. The topological polar surface area (TPSA) is 121 Å². The Balaban J connectivity index is 1.72. The number of H-pyrrole nitrogens is 1. The molecule has 154 valence electrons. The monoisotopic (exact) mass is 425 g/mol. The zero-order valence-corrected chi connectivity index (χ0v) is 17.0. The van der Waals surface area contributed by atoms with Gasteiger partial charge in [-0.3, -0.25) is 14.4 Å². The Labute approximate surface area is 177 Å². The summed E-state index contributed by atoms with van der Waals surface area (Å²) < 4.78 is 0. The van der Waals surface area contributed by atoms with Gasteiger partial charge in [0.15, 0.2) is 0 Å². The van der Waals surface area contributed by atoms with Crippen molar-refractivity contribution >= 4 is 40.4 Å². The first-order valence-corrected chi connectivity index (χ1v) is 9.86. The van der Waals surface area contributed by atoms with Crippen LogP contribution in [0.4, 0.5) is 0 Å². The summed E-state index contributed by atoms with van der Waals surface area (Å²) in [7, 11) is 0. The highest BCUT2D eigenvalue weighted by atomic mass is 35.5. The van der Waals surface area contributed by atoms with E-state index < -0.39 is 5.91 Å². The van der Waals surface area contributed by atoms with E-state index in [1.54, 1.807) is 36.4 Å². The molecule has 2 heterocycles. The summed E-state index contributed by atoms with van der Waals surface area (Å²) in [5.41, 5.74) is 8.38. The summed E-state index contributed by atoms with van der Waals surface area (Å²) in [4.78, 5) is 45.9. The van der Waals surface area contributed by atoms with Gasteiger partial charge < -0.3 is 20.9 Å². The highest BCUT2D eigenvalue weighted by Crippen LogP contribution is 2.29. The molecule has 8 nitrogen and oxygen atoms in total. The summed E-state index contributed by atoms with van der Waals surface area (Å²) in [6.07, 6.45) is 0. The number of piperazine rings is 1. The number of nitrogens with two attached hydrogens (primary N) is 1. The lowest BCUT2D eigenvalue weighted by Gasteiger charge is -2.27. The van der Waals surface area contributed by atoms with Gasteiger partial charge in [-0.05, 0) is 42.0 Å². The number of carbonyl (C=O) groups is 3. The molecule has 0 radical (unpaired) electrons. The summed E-state index contributed by atoms with van der Waals surface area (Å²) in [5.74, 6) is -0.774. The summed E-state index contributed by atoms with van der Waals surface area (Å²) in [6, 6.07) is 10.1. The van der Waals surface area contributed by atoms with E-state index in [1.165, 1.54) is 4.90 Å². The van der Waals surface area contributed by atoms with Crippen molar-refractivity contribution in [3.8, 4) is 0 Å². The van der Waals surface area contributed by atoms with Crippen molar-refractivity contribution in [1.82, 2.24) is 20.2 Å². The quantitative estimate of drug-likeness (QED) is 0.592. The number of nitrogens with one attached hydrogen (secondary N) is 2. The van der Waals surface area contributed by atoms with Crippen molar-refractivity contribution < 1.29 is 14.4 Å². The first-order chi connectivity index (χ1) is 14.3. The second kappa shape index (κ2) is 7.79. The van der Waals surface area contributed by atoms with Crippen molar-refractivity contribution in [1.29, 1.82) is 0 Å². The van der Waals surface area contributed by atoms with E-state index in [0.29, 0.717) is 40.6 Å². The van der Waals surface area contributed by atoms with Crippen molar-refractivity contribution in [2.45, 2.75) is 12.8 Å². The van der Waals surface area contributed by atoms with Crippen LogP contribution in [0.5, 0.6) is 0 Å². The average Bonchev–Trinajstić information content (AvgIpc) is 3.15. The molecule has 4 rings (SSSR count). The number of halogens is 1. The molecule has 30 heavy (non-hydrogen) atoms. The first kappa shape index (κ1) is 19.9. The number of benzene rings is 2. The molecule has 0 aliphatic carbocycles. The number of hydrogen-bond donors (Lipinski definition) is 3. The van der Waals surface area contributed by atoms with Crippen LogP contribution in [0.25, 0.3) is 11.0 Å². The van der Waals surface area contributed by atoms with Gasteiger partial charge in [-0.25, -0.2) is 4.98 Å². The molecule has 1 aliphatic rings. The number of fused-ring (bicyclic) bond motifs is 1. The fourth-order valence-electron chi connectivity index (χ4n) is 3.63. The molecule has 0 unspecified atom stereocenters. The Kier molecular flexibility index (Phi) is 5.17. The van der Waals surface area contributed by atoms with Crippen molar-refractivity contribution in [3.63, 3.8) is 0 Å². The van der Waals surface area contributed by atoms with E-state index in [0.717, 1.165) is 11.0 Å². The number of aromatic nitrogens is 2. The van der Waals surface area contributed by atoms with Gasteiger partial charge in [-0.2, -0.15) is 0 Å². The van der Waals surface area contributed by atoms with Crippen molar-refractivity contribution in [2.24, 2.45) is 5.73 Å². The number of carbonyl (C=O) groups excluding carboxylic acids is 3. The van der Waals surface area contributed by atoms with E-state index >= 15 is 0 Å². The lowest BCUT2D eigenvalue weighted by atomic mass is 9.92. The zero-order valence-electron chi connectivity index (χ0n) is 16.2. The molecule has 0 saturated carbocycles. The van der Waals surface area contributed by atoms with Gasteiger partial charge >= 0.3 is 0 Å². The molecule has 2 aromatic carbocycles. The maximum absolute atomic E-state index is 12.9. The van der Waals surface area contributed by atoms with Gasteiger partial charge in [0.1, 0.15) is 5.82 Å². The molecule has 1 atom stereocenters. The lowest BCUT2D eigenvalue weighted by molar-refractivity contribution is -0.123. The lowest BCUT2D eigenvalue weighted by Crippen LogP contribution is -2.50. The number of amides is 3. The molecule has 1 aliphatic heterocycles. The Morgan fingerprint density at radius 3 is 2.77 bits per heavy atom. The fourth-order valence-corrected chi connectivity index (χ4v) is 3.80. The van der Waals surface area contributed by atoms with Crippen molar-refractivity contribution in [3.05, 3.63) is 63.9 Å². The van der Waals surface area contributed by atoms with Gasteiger partial charge in [-0.15, -0.1) is 0 Å². The van der Waals surface area contributed by atoms with Crippen LogP contribution < -0.4 is 11.1 Å². The molecule has 0 bridgehead atoms. The Morgan fingerprint density at radius 1 is 1.23 bits per heavy atom. The molecule has 9 heteroatoms. The number of primary amides is 1. The number of rotatable bonds is 4. The van der Waals surface area contributed by atoms with E-state index in [-0.39, 0.29) is 24.3 Å². The van der Waals surface area contributed by atoms with Crippen LogP contribution in [0.3, 0.4) is 0 Å². The third kappa shape index (κ3) is 3.73. The number of nitrogens with zero attached hydrogens (tertiary/aromatic N) is 2. The van der Waals surface area contributed by atoms with Gasteiger partial charge in [0.2, 0.25) is 11.8 Å². The smallest absolute Gasteiger partial charge is 0.254 e. The van der Waals surface area contributed by atoms with E-state index in [4.69, 9.17) is 17.3 Å². The van der Waals surface area contributed by atoms with Gasteiger partial charge in [0, 0.05) is 35.2 Å². The predicted octanol–water partition coefficient (Wildman–Crippen LogP) is 2.04. The van der Waals surface area contributed by atoms with Crippen LogP contribution >= 0.6 is 11.6 Å². The molecule has 1 fully saturated rings. The SMILES string of the molecule is C[C@H](c1nc2ccc(Cl)cc2[nH]1)c1cc(C(=O)N2CCNC(=O)C2)ccc1C(N)=O. The highest BCUT2D eigenvalue weighted by Gasteiger charge is 2.25. The average molecular weight is 426 g/mol. The number of aromatic amines is 1. The molecule has 4 N–H and O–H groups in total. The predicted molar refractivity (Wildman–Crippen MR) is 112 cm³/mol. The standard InChI is InChI=1S/C21H20ClN5O3/c1-11(20-25-16-5-3-13(22)9-17(16)26-20)15-8-12(2-4-14(15)19(23)29)21(30)27-7-6-24-18(28)10-27/h2-5,8-9,11H,6-7,10H2,1H3,(H2,23,29)(H,24,28)(H,25,26)/t11-/m0/s1. The maximum atomic E-state index is 12.9. The van der Waals surface area contributed by atoms with Crippen LogP contribution in [-0.2, 0) is 4.79 Å². The fraction of sp³-hybridized carbons (Fsp3) is 0.238. The van der Waals surface area contributed by atoms with Gasteiger partial charge in [-0.1, -0.05) is 18.5 Å². The molecule has 1 saturated heterocycles. The number of imidazole rings is 1. The minimum Gasteiger partial charge on any atom is -0.366 e. The molecule has 1 aromatic heterocycles. The van der Waals surface area contributed by atoms with E-state index in [9.17, 15) is 14.4 Å². The minimum atomic E-state index is -0.590. The minimum absolute atomic E-state index is 0.00558. The van der Waals surface area contributed by atoms with Crippen molar-refractivity contribution in [2.75, 3.05) is 19.6 Å². The molecule has 0 spiro atoms. The molecular weight excluding hydrogens is 406 g/mol. The number of hydrogen-bond acceptors (Lipinski definition) is 4. The third-order valence-corrected chi connectivity index (χ3v) is 5.46. The maximum Gasteiger partial charge on any atom is 0.254 e. The Hall–Kier alpha value is -3.39. The van der Waals surface area contributed by atoms with Gasteiger partial charge in [0.25, 0.3) is 5.91 Å².